The lowest BCUT2D eigenvalue weighted by molar-refractivity contribution is -0.343. The quantitative estimate of drug-likeness (QED) is 0.376. The van der Waals surface area contributed by atoms with Crippen molar-refractivity contribution >= 4 is 23.5 Å². The fraction of sp³-hybridized carbons (Fsp3) is 0.586. The number of hydrogen-bond donors (Lipinski definition) is 3. The Bertz CT molecular complexity index is 1280. The summed E-state index contributed by atoms with van der Waals surface area (Å²) in [7, 11) is 0. The highest BCUT2D eigenvalue weighted by atomic mass is 16.6. The predicted octanol–water partition coefficient (Wildman–Crippen LogP) is 1.29. The molecule has 3 fully saturated rings. The minimum atomic E-state index is -2.13. The first-order chi connectivity index (χ1) is 18.1. The number of aliphatic hydroxyl groups is 3. The molecule has 1 heterocycles. The first-order valence-corrected chi connectivity index (χ1v) is 13.1. The van der Waals surface area contributed by atoms with Gasteiger partial charge in [0.2, 0.25) is 11.6 Å². The summed E-state index contributed by atoms with van der Waals surface area (Å²) < 4.78 is 17.6. The Morgan fingerprint density at radius 1 is 1.08 bits per heavy atom. The smallest absolute Gasteiger partial charge is 0.338 e. The van der Waals surface area contributed by atoms with Gasteiger partial charge in [0, 0.05) is 30.8 Å². The number of carbonyl (C=O) groups is 4. The van der Waals surface area contributed by atoms with Gasteiger partial charge in [0.05, 0.1) is 35.7 Å². The molecule has 1 aromatic carbocycles. The van der Waals surface area contributed by atoms with Crippen LogP contribution in [0.3, 0.4) is 0 Å². The van der Waals surface area contributed by atoms with E-state index in [-0.39, 0.29) is 36.2 Å². The van der Waals surface area contributed by atoms with Gasteiger partial charge in [-0.2, -0.15) is 0 Å². The van der Waals surface area contributed by atoms with Gasteiger partial charge < -0.3 is 29.5 Å². The van der Waals surface area contributed by atoms with Gasteiger partial charge >= 0.3 is 11.9 Å². The monoisotopic (exact) mass is 542 g/mol. The summed E-state index contributed by atoms with van der Waals surface area (Å²) in [6, 6.07) is 8.02. The van der Waals surface area contributed by atoms with Gasteiger partial charge in [-0.1, -0.05) is 32.0 Å². The summed E-state index contributed by atoms with van der Waals surface area (Å²) in [4.78, 5) is 54.1. The molecule has 1 saturated heterocycles. The molecular formula is C29H34O10. The number of rotatable bonds is 3. The standard InChI is InChI=1S/C29H34O10/c1-14-17(31)12-29(36)24(38-25(35)16-9-7-6-8-10-16)22-27(5,23(34)21(33)20(14)26(29,3)4)18(32)11-19-28(22,13-37-19)39-15(2)30/h6-10,17-19,22,24,31-32,36H,11-13H2,1-5H3/t17-,18+,19+,22-,24-,27+,28-,29+/m0/s1. The molecule has 3 N–H and O–H groups in total. The molecule has 3 aliphatic carbocycles. The Kier molecular flexibility index (Phi) is 6.23. The van der Waals surface area contributed by atoms with Crippen LogP contribution in [-0.4, -0.2) is 81.0 Å². The van der Waals surface area contributed by atoms with Gasteiger partial charge in [-0.3, -0.25) is 14.4 Å². The molecule has 0 amide bonds. The fourth-order valence-electron chi connectivity index (χ4n) is 7.45. The summed E-state index contributed by atoms with van der Waals surface area (Å²) in [5, 5.41) is 35.1. The van der Waals surface area contributed by atoms with Crippen molar-refractivity contribution in [1.82, 2.24) is 0 Å². The minimum absolute atomic E-state index is 0.0881. The molecule has 0 radical (unpaired) electrons. The van der Waals surface area contributed by atoms with Crippen LogP contribution >= 0.6 is 0 Å². The summed E-state index contributed by atoms with van der Waals surface area (Å²) in [6.07, 6.45) is -5.74. The Balaban J connectivity index is 1.82. The zero-order chi connectivity index (χ0) is 28.7. The van der Waals surface area contributed by atoms with Crippen LogP contribution in [0, 0.1) is 16.7 Å². The van der Waals surface area contributed by atoms with E-state index in [0.717, 1.165) is 0 Å². The summed E-state index contributed by atoms with van der Waals surface area (Å²) in [5.41, 5.74) is -6.86. The highest BCUT2D eigenvalue weighted by Gasteiger charge is 2.78. The van der Waals surface area contributed by atoms with Crippen molar-refractivity contribution in [2.45, 2.75) is 83.1 Å². The molecule has 210 valence electrons. The van der Waals surface area contributed by atoms with Crippen LogP contribution in [0.5, 0.6) is 0 Å². The molecule has 0 spiro atoms. The molecular weight excluding hydrogens is 508 g/mol. The molecule has 2 saturated carbocycles. The largest absolute Gasteiger partial charge is 0.455 e. The summed E-state index contributed by atoms with van der Waals surface area (Å²) in [5.74, 6) is -4.86. The van der Waals surface area contributed by atoms with Gasteiger partial charge in [0.25, 0.3) is 0 Å². The van der Waals surface area contributed by atoms with Gasteiger partial charge in [-0.25, -0.2) is 4.79 Å². The van der Waals surface area contributed by atoms with Crippen LogP contribution in [0.2, 0.25) is 0 Å². The number of aliphatic hydroxyl groups excluding tert-OH is 2. The topological polar surface area (TPSA) is 157 Å². The molecule has 2 bridgehead atoms. The first kappa shape index (κ1) is 27.6. The minimum Gasteiger partial charge on any atom is -0.455 e. The third-order valence-corrected chi connectivity index (χ3v) is 9.74. The molecule has 1 aliphatic heterocycles. The molecule has 5 rings (SSSR count). The predicted molar refractivity (Wildman–Crippen MR) is 134 cm³/mol. The van der Waals surface area contributed by atoms with E-state index < -0.39 is 75.9 Å². The Hall–Kier alpha value is -2.92. The normalized spacial score (nSPS) is 40.9. The second-order valence-electron chi connectivity index (χ2n) is 12.0. The second kappa shape index (κ2) is 8.79. The molecule has 4 aliphatic rings. The van der Waals surface area contributed by atoms with Crippen molar-refractivity contribution in [3.8, 4) is 0 Å². The average molecular weight is 543 g/mol. The average Bonchev–Trinajstić information content (AvgIpc) is 2.87. The van der Waals surface area contributed by atoms with Gasteiger partial charge in [-0.15, -0.1) is 0 Å². The Morgan fingerprint density at radius 2 is 1.72 bits per heavy atom. The van der Waals surface area contributed by atoms with E-state index in [1.54, 1.807) is 32.0 Å². The molecule has 39 heavy (non-hydrogen) atoms. The second-order valence-corrected chi connectivity index (χ2v) is 12.0. The molecule has 10 nitrogen and oxygen atoms in total. The van der Waals surface area contributed by atoms with E-state index in [9.17, 15) is 34.5 Å². The number of ether oxygens (including phenoxy) is 3. The number of fused-ring (bicyclic) bond motifs is 5. The number of Topliss-reactive ketones (excluding diaryl/α,β-unsaturated/α-hetero) is 2. The Labute approximate surface area is 225 Å². The lowest BCUT2D eigenvalue weighted by Gasteiger charge is -2.66. The van der Waals surface area contributed by atoms with Crippen molar-refractivity contribution in [2.75, 3.05) is 6.61 Å². The maximum atomic E-state index is 14.2. The number of hydrogen-bond acceptors (Lipinski definition) is 10. The van der Waals surface area contributed by atoms with Crippen LogP contribution in [0.4, 0.5) is 0 Å². The molecule has 8 atom stereocenters. The lowest BCUT2D eigenvalue weighted by Crippen LogP contribution is -2.81. The summed E-state index contributed by atoms with van der Waals surface area (Å²) >= 11 is 0. The van der Waals surface area contributed by atoms with E-state index in [4.69, 9.17) is 14.2 Å². The van der Waals surface area contributed by atoms with E-state index in [1.165, 1.54) is 32.9 Å². The van der Waals surface area contributed by atoms with Crippen molar-refractivity contribution in [1.29, 1.82) is 0 Å². The highest BCUT2D eigenvalue weighted by molar-refractivity contribution is 6.46. The highest BCUT2D eigenvalue weighted by Crippen LogP contribution is 2.63. The lowest BCUT2D eigenvalue weighted by atomic mass is 9.45. The van der Waals surface area contributed by atoms with E-state index in [2.05, 4.69) is 0 Å². The van der Waals surface area contributed by atoms with Gasteiger partial charge in [0.15, 0.2) is 5.60 Å². The van der Waals surface area contributed by atoms with Crippen molar-refractivity contribution < 1.29 is 48.7 Å². The SMILES string of the molecule is CC(=O)O[C@@]12CO[C@@H]1C[C@@H](O)[C@@]1(C)C(=O)C(=O)C3=C(C)[C@@H](O)C[C@@](O)([C@@H](OC(=O)c4ccccc4)[C@H]21)C3(C)C. The van der Waals surface area contributed by atoms with Crippen LogP contribution in [0.1, 0.15) is 57.8 Å². The van der Waals surface area contributed by atoms with Crippen LogP contribution in [0.15, 0.2) is 41.5 Å². The Morgan fingerprint density at radius 3 is 2.28 bits per heavy atom. The van der Waals surface area contributed by atoms with E-state index in [1.807, 2.05) is 0 Å². The third kappa shape index (κ3) is 3.54. The third-order valence-electron chi connectivity index (χ3n) is 9.74. The molecule has 10 heteroatoms. The fourth-order valence-corrected chi connectivity index (χ4v) is 7.45. The van der Waals surface area contributed by atoms with Crippen molar-refractivity contribution in [2.24, 2.45) is 16.7 Å². The van der Waals surface area contributed by atoms with Crippen LogP contribution in [-0.2, 0) is 28.6 Å². The zero-order valence-corrected chi connectivity index (χ0v) is 22.6. The molecule has 0 unspecified atom stereocenters. The number of esters is 2. The molecule has 1 aromatic rings. The zero-order valence-electron chi connectivity index (χ0n) is 22.6. The van der Waals surface area contributed by atoms with Crippen molar-refractivity contribution in [3.05, 3.63) is 47.0 Å². The van der Waals surface area contributed by atoms with E-state index >= 15 is 0 Å². The molecule has 0 aromatic heterocycles. The van der Waals surface area contributed by atoms with E-state index in [0.29, 0.717) is 0 Å². The van der Waals surface area contributed by atoms with Crippen LogP contribution in [0.25, 0.3) is 0 Å². The number of carbonyl (C=O) groups excluding carboxylic acids is 4. The van der Waals surface area contributed by atoms with Gasteiger partial charge in [-0.05, 0) is 31.6 Å². The van der Waals surface area contributed by atoms with Crippen molar-refractivity contribution in [3.63, 3.8) is 0 Å². The van der Waals surface area contributed by atoms with Gasteiger partial charge in [0.1, 0.15) is 17.8 Å². The maximum Gasteiger partial charge on any atom is 0.338 e. The number of benzene rings is 1. The first-order valence-electron chi connectivity index (χ1n) is 13.1. The number of ketones is 2. The maximum absolute atomic E-state index is 14.2. The van der Waals surface area contributed by atoms with Crippen LogP contribution < -0.4 is 0 Å². The summed E-state index contributed by atoms with van der Waals surface area (Å²) in [6.45, 7) is 7.00.